The van der Waals surface area contributed by atoms with Gasteiger partial charge in [-0.25, -0.2) is 9.98 Å². The second kappa shape index (κ2) is 10.7. The van der Waals surface area contributed by atoms with Crippen LogP contribution in [0.5, 0.6) is 0 Å². The van der Waals surface area contributed by atoms with Crippen molar-refractivity contribution in [3.63, 3.8) is 0 Å². The largest absolute Gasteiger partial charge is 0.357 e. The number of rotatable bonds is 7. The van der Waals surface area contributed by atoms with Crippen molar-refractivity contribution in [1.82, 2.24) is 25.4 Å². The molecule has 0 atom stereocenters. The number of nitrogens with one attached hydrogen (secondary N) is 2. The third-order valence-electron chi connectivity index (χ3n) is 3.51. The van der Waals surface area contributed by atoms with Crippen molar-refractivity contribution in [2.75, 3.05) is 13.1 Å². The maximum atomic E-state index is 4.63. The molecule has 2 heterocycles. The summed E-state index contributed by atoms with van der Waals surface area (Å²) in [5.74, 6) is 0.855. The van der Waals surface area contributed by atoms with E-state index in [2.05, 4.69) is 50.3 Å². The molecule has 0 radical (unpaired) electrons. The van der Waals surface area contributed by atoms with Gasteiger partial charge in [-0.1, -0.05) is 0 Å². The van der Waals surface area contributed by atoms with E-state index in [0.29, 0.717) is 6.54 Å². The Labute approximate surface area is 165 Å². The predicted molar refractivity (Wildman–Crippen MR) is 111 cm³/mol. The second-order valence-electron chi connectivity index (χ2n) is 5.49. The minimum atomic E-state index is 0. The number of halogens is 1. The molecule has 0 aliphatic heterocycles. The van der Waals surface area contributed by atoms with E-state index in [0.717, 1.165) is 43.4 Å². The molecular formula is C16H27IN6S. The van der Waals surface area contributed by atoms with Gasteiger partial charge in [-0.2, -0.15) is 5.10 Å². The smallest absolute Gasteiger partial charge is 0.191 e. The molecule has 0 aromatic carbocycles. The first-order valence-corrected chi connectivity index (χ1v) is 8.90. The number of hydrogen-bond acceptors (Lipinski definition) is 4. The molecule has 0 saturated heterocycles. The standard InChI is InChI=1S/C16H26N6S.HI/c1-5-17-16(19-10-15-14(4)20-11-23-15)18-7-6-8-22-13(3)9-12(2)21-22;/h9,11H,5-8,10H2,1-4H3,(H2,17,18,19);1H. The highest BCUT2D eigenvalue weighted by molar-refractivity contribution is 14.0. The molecule has 2 N–H and O–H groups in total. The Kier molecular flexibility index (Phi) is 9.27. The Bertz CT molecular complexity index is 649. The summed E-state index contributed by atoms with van der Waals surface area (Å²) in [4.78, 5) is 10.1. The summed E-state index contributed by atoms with van der Waals surface area (Å²) >= 11 is 1.65. The SMILES string of the molecule is CCNC(=NCc1scnc1C)NCCCn1nc(C)cc1C.I. The first kappa shape index (κ1) is 20.9. The van der Waals surface area contributed by atoms with Crippen LogP contribution in [0.25, 0.3) is 0 Å². The topological polar surface area (TPSA) is 67.1 Å². The molecule has 2 aromatic rings. The first-order chi connectivity index (χ1) is 11.1. The van der Waals surface area contributed by atoms with Crippen LogP contribution in [-0.4, -0.2) is 33.8 Å². The molecule has 6 nitrogen and oxygen atoms in total. The zero-order valence-corrected chi connectivity index (χ0v) is 17.9. The summed E-state index contributed by atoms with van der Waals surface area (Å²) in [5, 5.41) is 11.1. The van der Waals surface area contributed by atoms with Gasteiger partial charge >= 0.3 is 0 Å². The molecule has 0 saturated carbocycles. The van der Waals surface area contributed by atoms with E-state index in [1.54, 1.807) is 11.3 Å². The Morgan fingerprint density at radius 2 is 2.08 bits per heavy atom. The molecule has 0 bridgehead atoms. The van der Waals surface area contributed by atoms with Crippen molar-refractivity contribution >= 4 is 41.3 Å². The van der Waals surface area contributed by atoms with Gasteiger partial charge in [0.05, 0.1) is 23.4 Å². The van der Waals surface area contributed by atoms with Gasteiger partial charge < -0.3 is 10.6 Å². The molecule has 0 amide bonds. The average molecular weight is 462 g/mol. The fourth-order valence-electron chi connectivity index (χ4n) is 2.31. The molecule has 0 unspecified atom stereocenters. The molecule has 0 spiro atoms. The zero-order valence-electron chi connectivity index (χ0n) is 14.8. The molecule has 8 heteroatoms. The lowest BCUT2D eigenvalue weighted by atomic mass is 10.4. The number of hydrogen-bond donors (Lipinski definition) is 2. The average Bonchev–Trinajstić information content (AvgIpc) is 3.06. The summed E-state index contributed by atoms with van der Waals surface area (Å²) in [7, 11) is 0. The summed E-state index contributed by atoms with van der Waals surface area (Å²) in [5.41, 5.74) is 5.22. The number of guanidine groups is 1. The summed E-state index contributed by atoms with van der Waals surface area (Å²) in [6.45, 7) is 11.5. The predicted octanol–water partition coefficient (Wildman–Crippen LogP) is 3.03. The summed E-state index contributed by atoms with van der Waals surface area (Å²) in [6.07, 6.45) is 1.01. The molecule has 0 aliphatic carbocycles. The van der Waals surface area contributed by atoms with Gasteiger partial charge in [0, 0.05) is 30.2 Å². The van der Waals surface area contributed by atoms with Crippen LogP contribution in [0.15, 0.2) is 16.6 Å². The van der Waals surface area contributed by atoms with Crippen molar-refractivity contribution in [1.29, 1.82) is 0 Å². The minimum absolute atomic E-state index is 0. The van der Waals surface area contributed by atoms with Gasteiger partial charge in [-0.15, -0.1) is 35.3 Å². The fraction of sp³-hybridized carbons (Fsp3) is 0.562. The maximum absolute atomic E-state index is 4.63. The molecule has 0 fully saturated rings. The molecule has 134 valence electrons. The summed E-state index contributed by atoms with van der Waals surface area (Å²) in [6, 6.07) is 2.11. The van der Waals surface area contributed by atoms with Crippen LogP contribution in [0.2, 0.25) is 0 Å². The number of aromatic nitrogens is 3. The van der Waals surface area contributed by atoms with E-state index in [1.807, 2.05) is 19.4 Å². The van der Waals surface area contributed by atoms with Crippen molar-refractivity contribution in [3.8, 4) is 0 Å². The van der Waals surface area contributed by atoms with Crippen LogP contribution in [0.4, 0.5) is 0 Å². The van der Waals surface area contributed by atoms with Crippen molar-refractivity contribution in [2.24, 2.45) is 4.99 Å². The first-order valence-electron chi connectivity index (χ1n) is 8.02. The summed E-state index contributed by atoms with van der Waals surface area (Å²) < 4.78 is 2.06. The van der Waals surface area contributed by atoms with Gasteiger partial charge in [-0.05, 0) is 40.2 Å². The normalized spacial score (nSPS) is 11.2. The van der Waals surface area contributed by atoms with Gasteiger partial charge in [-0.3, -0.25) is 4.68 Å². The molecular weight excluding hydrogens is 435 g/mol. The minimum Gasteiger partial charge on any atom is -0.357 e. The zero-order chi connectivity index (χ0) is 16.7. The number of nitrogens with zero attached hydrogens (tertiary/aromatic N) is 4. The monoisotopic (exact) mass is 462 g/mol. The van der Waals surface area contributed by atoms with Crippen LogP contribution in [0.1, 0.15) is 35.3 Å². The van der Waals surface area contributed by atoms with E-state index < -0.39 is 0 Å². The van der Waals surface area contributed by atoms with Crippen LogP contribution in [0.3, 0.4) is 0 Å². The molecule has 2 rings (SSSR count). The van der Waals surface area contributed by atoms with Gasteiger partial charge in [0.25, 0.3) is 0 Å². The van der Waals surface area contributed by atoms with Crippen LogP contribution < -0.4 is 10.6 Å². The molecule has 0 aliphatic rings. The Hall–Kier alpha value is -1.16. The number of aliphatic imine (C=N–C) groups is 1. The third kappa shape index (κ3) is 6.39. The van der Waals surface area contributed by atoms with Crippen LogP contribution in [-0.2, 0) is 13.1 Å². The molecule has 24 heavy (non-hydrogen) atoms. The van der Waals surface area contributed by atoms with E-state index in [-0.39, 0.29) is 24.0 Å². The van der Waals surface area contributed by atoms with Crippen molar-refractivity contribution < 1.29 is 0 Å². The lowest BCUT2D eigenvalue weighted by molar-refractivity contribution is 0.555. The van der Waals surface area contributed by atoms with Crippen LogP contribution in [0, 0.1) is 20.8 Å². The highest BCUT2D eigenvalue weighted by atomic mass is 127. The maximum Gasteiger partial charge on any atom is 0.191 e. The number of aryl methyl sites for hydroxylation is 4. The van der Waals surface area contributed by atoms with E-state index in [9.17, 15) is 0 Å². The third-order valence-corrected chi connectivity index (χ3v) is 4.43. The van der Waals surface area contributed by atoms with Crippen molar-refractivity contribution in [3.05, 3.63) is 33.5 Å². The lowest BCUT2D eigenvalue weighted by Crippen LogP contribution is -2.38. The van der Waals surface area contributed by atoms with Gasteiger partial charge in [0.1, 0.15) is 0 Å². The van der Waals surface area contributed by atoms with E-state index >= 15 is 0 Å². The highest BCUT2D eigenvalue weighted by Crippen LogP contribution is 2.12. The second-order valence-corrected chi connectivity index (χ2v) is 6.43. The van der Waals surface area contributed by atoms with E-state index in [4.69, 9.17) is 0 Å². The lowest BCUT2D eigenvalue weighted by Gasteiger charge is -2.11. The highest BCUT2D eigenvalue weighted by Gasteiger charge is 2.03. The van der Waals surface area contributed by atoms with Gasteiger partial charge in [0.15, 0.2) is 5.96 Å². The van der Waals surface area contributed by atoms with E-state index in [1.165, 1.54) is 10.6 Å². The van der Waals surface area contributed by atoms with Crippen LogP contribution >= 0.6 is 35.3 Å². The quantitative estimate of drug-likeness (QED) is 0.287. The van der Waals surface area contributed by atoms with Gasteiger partial charge in [0.2, 0.25) is 0 Å². The fourth-order valence-corrected chi connectivity index (χ4v) is 3.01. The molecule has 2 aromatic heterocycles. The Morgan fingerprint density at radius 3 is 2.67 bits per heavy atom. The Balaban J connectivity index is 0.00000288. The Morgan fingerprint density at radius 1 is 1.29 bits per heavy atom. The van der Waals surface area contributed by atoms with Crippen molar-refractivity contribution in [2.45, 2.75) is 47.2 Å². The number of thiazole rings is 1.